The Kier molecular flexibility index (Phi) is 3.46. The summed E-state index contributed by atoms with van der Waals surface area (Å²) < 4.78 is 5.51. The molecule has 126 valence electrons. The summed E-state index contributed by atoms with van der Waals surface area (Å²) in [6.07, 6.45) is -0.525. The molecule has 1 unspecified atom stereocenters. The standard InChI is InChI=1S/C19H17N3O3/c1-10-3-4-12-8-16(21-14(12)7-10)19(24)20-13-5-6-17-15(9-13)22-18(23)11(2)25-17/h3-9,11,21H,1-2H3,(H,20,24)(H,22,23). The summed E-state index contributed by atoms with van der Waals surface area (Å²) >= 11 is 0. The van der Waals surface area contributed by atoms with Crippen LogP contribution in [0.2, 0.25) is 0 Å². The van der Waals surface area contributed by atoms with Gasteiger partial charge in [0.1, 0.15) is 11.4 Å². The number of H-pyrrole nitrogens is 1. The monoisotopic (exact) mass is 335 g/mol. The van der Waals surface area contributed by atoms with Gasteiger partial charge in [-0.25, -0.2) is 0 Å². The van der Waals surface area contributed by atoms with Crippen molar-refractivity contribution < 1.29 is 14.3 Å². The Balaban J connectivity index is 1.58. The quantitative estimate of drug-likeness (QED) is 0.671. The second-order valence-corrected chi connectivity index (χ2v) is 6.19. The van der Waals surface area contributed by atoms with E-state index in [1.54, 1.807) is 25.1 Å². The van der Waals surface area contributed by atoms with Gasteiger partial charge in [0.05, 0.1) is 5.69 Å². The van der Waals surface area contributed by atoms with Crippen molar-refractivity contribution in [3.8, 4) is 5.75 Å². The molecule has 2 aromatic carbocycles. The molecule has 1 atom stereocenters. The number of aromatic amines is 1. The van der Waals surface area contributed by atoms with Crippen LogP contribution in [-0.2, 0) is 4.79 Å². The molecule has 2 heterocycles. The molecule has 6 heteroatoms. The Hall–Kier alpha value is -3.28. The number of carbonyl (C=O) groups excluding carboxylic acids is 2. The topological polar surface area (TPSA) is 83.2 Å². The Morgan fingerprint density at radius 3 is 2.84 bits per heavy atom. The zero-order valence-corrected chi connectivity index (χ0v) is 13.8. The molecule has 0 fully saturated rings. The van der Waals surface area contributed by atoms with Crippen molar-refractivity contribution in [2.45, 2.75) is 20.0 Å². The molecule has 0 spiro atoms. The Morgan fingerprint density at radius 1 is 1.16 bits per heavy atom. The van der Waals surface area contributed by atoms with Gasteiger partial charge in [0.15, 0.2) is 6.10 Å². The largest absolute Gasteiger partial charge is 0.479 e. The highest BCUT2D eigenvalue weighted by atomic mass is 16.5. The van der Waals surface area contributed by atoms with Crippen molar-refractivity contribution in [3.63, 3.8) is 0 Å². The predicted molar refractivity (Wildman–Crippen MR) is 96.2 cm³/mol. The van der Waals surface area contributed by atoms with E-state index in [0.29, 0.717) is 22.8 Å². The van der Waals surface area contributed by atoms with Crippen molar-refractivity contribution in [2.75, 3.05) is 10.6 Å². The lowest BCUT2D eigenvalue weighted by molar-refractivity contribution is -0.122. The SMILES string of the molecule is Cc1ccc2cc(C(=O)Nc3ccc4c(c3)NC(=O)C(C)O4)[nH]c2c1. The average Bonchev–Trinajstić information content (AvgIpc) is 2.99. The van der Waals surface area contributed by atoms with E-state index >= 15 is 0 Å². The number of rotatable bonds is 2. The zero-order valence-electron chi connectivity index (χ0n) is 13.8. The molecule has 2 amide bonds. The molecule has 0 saturated carbocycles. The number of hydrogen-bond acceptors (Lipinski definition) is 3. The maximum Gasteiger partial charge on any atom is 0.272 e. The molecule has 3 N–H and O–H groups in total. The molecular formula is C19H17N3O3. The molecule has 0 radical (unpaired) electrons. The van der Waals surface area contributed by atoms with Gasteiger partial charge in [-0.05, 0) is 49.7 Å². The maximum absolute atomic E-state index is 12.5. The summed E-state index contributed by atoms with van der Waals surface area (Å²) in [5, 5.41) is 6.58. The molecule has 25 heavy (non-hydrogen) atoms. The highest BCUT2D eigenvalue weighted by Gasteiger charge is 2.23. The Bertz CT molecular complexity index is 1010. The molecular weight excluding hydrogens is 318 g/mol. The number of benzene rings is 2. The lowest BCUT2D eigenvalue weighted by atomic mass is 10.2. The van der Waals surface area contributed by atoms with Crippen LogP contribution >= 0.6 is 0 Å². The molecule has 0 aliphatic carbocycles. The fourth-order valence-electron chi connectivity index (χ4n) is 2.85. The second-order valence-electron chi connectivity index (χ2n) is 6.19. The number of fused-ring (bicyclic) bond motifs is 2. The van der Waals surface area contributed by atoms with Crippen LogP contribution in [0, 0.1) is 6.92 Å². The number of ether oxygens (including phenoxy) is 1. The van der Waals surface area contributed by atoms with E-state index in [4.69, 9.17) is 4.74 Å². The fraction of sp³-hybridized carbons (Fsp3) is 0.158. The van der Waals surface area contributed by atoms with Crippen LogP contribution in [0.25, 0.3) is 10.9 Å². The van der Waals surface area contributed by atoms with E-state index in [2.05, 4.69) is 15.6 Å². The van der Waals surface area contributed by atoms with E-state index in [1.165, 1.54) is 0 Å². The number of aromatic nitrogens is 1. The van der Waals surface area contributed by atoms with E-state index in [1.807, 2.05) is 31.2 Å². The Labute approximate surface area is 144 Å². The summed E-state index contributed by atoms with van der Waals surface area (Å²) in [4.78, 5) is 27.3. The first-order valence-electron chi connectivity index (χ1n) is 8.02. The minimum absolute atomic E-state index is 0.207. The third-order valence-corrected chi connectivity index (χ3v) is 4.19. The minimum Gasteiger partial charge on any atom is -0.479 e. The van der Waals surface area contributed by atoms with Crippen LogP contribution in [0.3, 0.4) is 0 Å². The van der Waals surface area contributed by atoms with Crippen molar-refractivity contribution >= 4 is 34.1 Å². The number of carbonyl (C=O) groups is 2. The molecule has 6 nitrogen and oxygen atoms in total. The van der Waals surface area contributed by atoms with E-state index in [0.717, 1.165) is 16.5 Å². The highest BCUT2D eigenvalue weighted by molar-refractivity contribution is 6.06. The molecule has 1 aromatic heterocycles. The van der Waals surface area contributed by atoms with Gasteiger partial charge in [0.25, 0.3) is 11.8 Å². The lowest BCUT2D eigenvalue weighted by Gasteiger charge is -2.23. The first-order valence-corrected chi connectivity index (χ1v) is 8.02. The summed E-state index contributed by atoms with van der Waals surface area (Å²) in [6.45, 7) is 3.69. The van der Waals surface area contributed by atoms with Crippen LogP contribution in [0.4, 0.5) is 11.4 Å². The van der Waals surface area contributed by atoms with E-state index in [-0.39, 0.29) is 11.8 Å². The van der Waals surface area contributed by atoms with Gasteiger partial charge in [-0.15, -0.1) is 0 Å². The fourth-order valence-corrected chi connectivity index (χ4v) is 2.85. The summed E-state index contributed by atoms with van der Waals surface area (Å²) in [5.74, 6) is 0.137. The lowest BCUT2D eigenvalue weighted by Crippen LogP contribution is -2.34. The molecule has 4 rings (SSSR count). The van der Waals surface area contributed by atoms with Gasteiger partial charge in [-0.3, -0.25) is 9.59 Å². The third-order valence-electron chi connectivity index (χ3n) is 4.19. The molecule has 3 aromatic rings. The number of amides is 2. The Morgan fingerprint density at radius 2 is 2.00 bits per heavy atom. The van der Waals surface area contributed by atoms with Crippen molar-refractivity contribution in [1.29, 1.82) is 0 Å². The first-order chi connectivity index (χ1) is 12.0. The van der Waals surface area contributed by atoms with Gasteiger partial charge >= 0.3 is 0 Å². The highest BCUT2D eigenvalue weighted by Crippen LogP contribution is 2.32. The van der Waals surface area contributed by atoms with Crippen LogP contribution in [0.1, 0.15) is 23.0 Å². The first kappa shape index (κ1) is 15.3. The number of hydrogen-bond donors (Lipinski definition) is 3. The van der Waals surface area contributed by atoms with Crippen molar-refractivity contribution in [3.05, 3.63) is 53.7 Å². The van der Waals surface area contributed by atoms with Crippen LogP contribution < -0.4 is 15.4 Å². The van der Waals surface area contributed by atoms with E-state index < -0.39 is 6.10 Å². The zero-order chi connectivity index (χ0) is 17.6. The number of aryl methyl sites for hydroxylation is 1. The normalized spacial score (nSPS) is 16.1. The van der Waals surface area contributed by atoms with Crippen LogP contribution in [-0.4, -0.2) is 22.9 Å². The predicted octanol–water partition coefficient (Wildman–Crippen LogP) is 3.45. The molecule has 1 aliphatic heterocycles. The summed E-state index contributed by atoms with van der Waals surface area (Å²) in [6, 6.07) is 13.0. The third kappa shape index (κ3) is 2.82. The maximum atomic E-state index is 12.5. The molecule has 0 saturated heterocycles. The van der Waals surface area contributed by atoms with Gasteiger partial charge in [-0.2, -0.15) is 0 Å². The van der Waals surface area contributed by atoms with Gasteiger partial charge in [0.2, 0.25) is 0 Å². The van der Waals surface area contributed by atoms with Crippen LogP contribution in [0.15, 0.2) is 42.5 Å². The van der Waals surface area contributed by atoms with Gasteiger partial charge < -0.3 is 20.4 Å². The summed E-state index contributed by atoms with van der Waals surface area (Å²) in [7, 11) is 0. The smallest absolute Gasteiger partial charge is 0.272 e. The number of nitrogens with one attached hydrogen (secondary N) is 3. The summed E-state index contributed by atoms with van der Waals surface area (Å²) in [5.41, 5.74) is 3.66. The average molecular weight is 335 g/mol. The van der Waals surface area contributed by atoms with Gasteiger partial charge in [0, 0.05) is 16.6 Å². The van der Waals surface area contributed by atoms with E-state index in [9.17, 15) is 9.59 Å². The van der Waals surface area contributed by atoms with Crippen LogP contribution in [0.5, 0.6) is 5.75 Å². The minimum atomic E-state index is -0.525. The van der Waals surface area contributed by atoms with Crippen molar-refractivity contribution in [1.82, 2.24) is 4.98 Å². The molecule has 0 bridgehead atoms. The second kappa shape index (κ2) is 5.66. The van der Waals surface area contributed by atoms with Crippen molar-refractivity contribution in [2.24, 2.45) is 0 Å². The van der Waals surface area contributed by atoms with Gasteiger partial charge in [-0.1, -0.05) is 12.1 Å². The molecule has 1 aliphatic rings. The number of anilines is 2.